The number of allylic oxidation sites excluding steroid dienone is 2. The molecule has 6 aromatic carbocycles. The Hall–Kier alpha value is -5.80. The van der Waals surface area contributed by atoms with Crippen molar-refractivity contribution < 1.29 is 0 Å². The van der Waals surface area contributed by atoms with Gasteiger partial charge in [-0.1, -0.05) is 121 Å². The minimum atomic E-state index is -0.474. The van der Waals surface area contributed by atoms with Crippen LogP contribution in [-0.2, 0) is 5.54 Å². The first-order valence-electron chi connectivity index (χ1n) is 15.4. The number of para-hydroxylation sites is 5. The Morgan fingerprint density at radius 2 is 1.00 bits per heavy atom. The molecular formula is C42H35N3. The predicted molar refractivity (Wildman–Crippen MR) is 191 cm³/mol. The van der Waals surface area contributed by atoms with Crippen LogP contribution in [0.15, 0.2) is 188 Å². The molecular weight excluding hydrogens is 546 g/mol. The summed E-state index contributed by atoms with van der Waals surface area (Å²) in [5, 5.41) is 7.44. The third-order valence-corrected chi connectivity index (χ3v) is 8.27. The largest absolute Gasteiger partial charge is 0.372 e. The average molecular weight is 582 g/mol. The number of nitrogens with zero attached hydrogens (tertiary/aromatic N) is 1. The summed E-state index contributed by atoms with van der Waals surface area (Å²) in [7, 11) is 0. The molecule has 3 nitrogen and oxygen atoms in total. The smallest absolute Gasteiger partial charge is 0.0868 e. The second kappa shape index (κ2) is 12.8. The summed E-state index contributed by atoms with van der Waals surface area (Å²) < 4.78 is 0. The lowest BCUT2D eigenvalue weighted by atomic mass is 9.79. The van der Waals surface area contributed by atoms with Gasteiger partial charge in [-0.15, -0.1) is 0 Å². The van der Waals surface area contributed by atoms with E-state index in [0.29, 0.717) is 0 Å². The van der Waals surface area contributed by atoms with Gasteiger partial charge in [-0.2, -0.15) is 0 Å². The van der Waals surface area contributed by atoms with Crippen LogP contribution in [0.2, 0.25) is 0 Å². The van der Waals surface area contributed by atoms with E-state index in [-0.39, 0.29) is 0 Å². The molecule has 0 amide bonds. The van der Waals surface area contributed by atoms with E-state index >= 15 is 0 Å². The molecule has 0 fully saturated rings. The fourth-order valence-electron chi connectivity index (χ4n) is 6.05. The molecule has 0 saturated carbocycles. The predicted octanol–water partition coefficient (Wildman–Crippen LogP) is 11.3. The van der Waals surface area contributed by atoms with Crippen molar-refractivity contribution in [2.45, 2.75) is 12.0 Å². The van der Waals surface area contributed by atoms with E-state index in [2.05, 4.69) is 185 Å². The summed E-state index contributed by atoms with van der Waals surface area (Å²) in [6, 6.07) is 59.5. The molecule has 1 aliphatic rings. The second-order valence-electron chi connectivity index (χ2n) is 11.3. The van der Waals surface area contributed by atoms with Crippen LogP contribution in [0.5, 0.6) is 0 Å². The quantitative estimate of drug-likeness (QED) is 0.178. The van der Waals surface area contributed by atoms with E-state index in [0.717, 1.165) is 40.5 Å². The molecule has 0 spiro atoms. The summed E-state index contributed by atoms with van der Waals surface area (Å²) in [6.07, 6.45) is 7.76. The molecule has 1 aliphatic carbocycles. The molecule has 0 aliphatic heterocycles. The Labute approximate surface area is 265 Å². The summed E-state index contributed by atoms with van der Waals surface area (Å²) in [6.45, 7) is 0. The van der Waals surface area contributed by atoms with Gasteiger partial charge in [0.2, 0.25) is 0 Å². The lowest BCUT2D eigenvalue weighted by molar-refractivity contribution is 0.620. The number of nitrogens with one attached hydrogen (secondary N) is 2. The Morgan fingerprint density at radius 3 is 1.58 bits per heavy atom. The summed E-state index contributed by atoms with van der Waals surface area (Å²) in [5.41, 5.74) is 9.74. The van der Waals surface area contributed by atoms with Crippen LogP contribution in [0.1, 0.15) is 17.5 Å². The summed E-state index contributed by atoms with van der Waals surface area (Å²) >= 11 is 0. The monoisotopic (exact) mass is 581 g/mol. The third kappa shape index (κ3) is 6.15. The van der Waals surface area contributed by atoms with Crippen LogP contribution in [0, 0.1) is 0 Å². The van der Waals surface area contributed by atoms with Gasteiger partial charge in [0.05, 0.1) is 11.2 Å². The van der Waals surface area contributed by atoms with Crippen molar-refractivity contribution in [1.29, 1.82) is 0 Å². The lowest BCUT2D eigenvalue weighted by Crippen LogP contribution is -2.35. The maximum absolute atomic E-state index is 3.95. The topological polar surface area (TPSA) is 27.3 Å². The van der Waals surface area contributed by atoms with Gasteiger partial charge >= 0.3 is 0 Å². The molecule has 0 aromatic heterocycles. The van der Waals surface area contributed by atoms with Gasteiger partial charge in [0, 0.05) is 34.0 Å². The minimum absolute atomic E-state index is 0.474. The Balaban J connectivity index is 1.27. The Kier molecular flexibility index (Phi) is 7.98. The van der Waals surface area contributed by atoms with Crippen LogP contribution in [0.4, 0.5) is 34.1 Å². The first kappa shape index (κ1) is 28.0. The molecule has 2 N–H and O–H groups in total. The molecule has 45 heavy (non-hydrogen) atoms. The van der Waals surface area contributed by atoms with E-state index in [1.807, 2.05) is 18.2 Å². The normalized spacial score (nSPS) is 15.6. The Morgan fingerprint density at radius 1 is 0.489 bits per heavy atom. The van der Waals surface area contributed by atoms with E-state index in [4.69, 9.17) is 0 Å². The number of hydrogen-bond donors (Lipinski definition) is 2. The van der Waals surface area contributed by atoms with Crippen LogP contribution in [0.3, 0.4) is 0 Å². The molecule has 0 radical (unpaired) electrons. The van der Waals surface area contributed by atoms with Gasteiger partial charge in [0.1, 0.15) is 0 Å². The summed E-state index contributed by atoms with van der Waals surface area (Å²) in [5.74, 6) is 0. The van der Waals surface area contributed by atoms with Gasteiger partial charge in [-0.05, 0) is 84.3 Å². The molecule has 1 unspecified atom stereocenters. The second-order valence-corrected chi connectivity index (χ2v) is 11.3. The summed E-state index contributed by atoms with van der Waals surface area (Å²) in [4.78, 5) is 2.36. The highest BCUT2D eigenvalue weighted by molar-refractivity contribution is 5.82. The van der Waals surface area contributed by atoms with Gasteiger partial charge in [-0.25, -0.2) is 0 Å². The van der Waals surface area contributed by atoms with Gasteiger partial charge in [0.15, 0.2) is 0 Å². The molecule has 0 saturated heterocycles. The molecule has 1 atom stereocenters. The maximum Gasteiger partial charge on any atom is 0.0868 e. The number of benzene rings is 6. The standard InChI is InChI=1S/C42H35N3/c1-5-15-35(16-6-1)43-36-27-25-33(26-28-36)34-29-31-42(32-30-34,44-37-17-7-2-8-18-37)40-23-13-14-24-41(40)45(38-19-9-3-10-20-38)39-21-11-4-12-22-39/h1-31,43-44H,32H2. The van der Waals surface area contributed by atoms with Crippen LogP contribution < -0.4 is 15.5 Å². The average Bonchev–Trinajstić information content (AvgIpc) is 3.11. The molecule has 218 valence electrons. The van der Waals surface area contributed by atoms with E-state index in [1.54, 1.807) is 0 Å². The van der Waals surface area contributed by atoms with Crippen molar-refractivity contribution in [1.82, 2.24) is 0 Å². The minimum Gasteiger partial charge on any atom is -0.372 e. The molecule has 0 heterocycles. The zero-order chi connectivity index (χ0) is 30.3. The number of anilines is 6. The van der Waals surface area contributed by atoms with E-state index in [1.165, 1.54) is 16.7 Å². The maximum atomic E-state index is 3.95. The van der Waals surface area contributed by atoms with Crippen LogP contribution in [-0.4, -0.2) is 0 Å². The van der Waals surface area contributed by atoms with Crippen LogP contribution in [0.25, 0.3) is 5.57 Å². The van der Waals surface area contributed by atoms with E-state index < -0.39 is 5.54 Å². The van der Waals surface area contributed by atoms with Crippen LogP contribution >= 0.6 is 0 Å². The highest BCUT2D eigenvalue weighted by atomic mass is 15.2. The fraction of sp³-hybridized carbons (Fsp3) is 0.0476. The first-order valence-corrected chi connectivity index (χ1v) is 15.4. The highest BCUT2D eigenvalue weighted by Crippen LogP contribution is 2.45. The third-order valence-electron chi connectivity index (χ3n) is 8.27. The van der Waals surface area contributed by atoms with Crippen molar-refractivity contribution in [2.75, 3.05) is 15.5 Å². The zero-order valence-corrected chi connectivity index (χ0v) is 25.1. The number of rotatable bonds is 9. The Bertz CT molecular complexity index is 1860. The van der Waals surface area contributed by atoms with Crippen molar-refractivity contribution in [3.8, 4) is 0 Å². The number of hydrogen-bond acceptors (Lipinski definition) is 3. The van der Waals surface area contributed by atoms with Crippen molar-refractivity contribution >= 4 is 39.7 Å². The van der Waals surface area contributed by atoms with Gasteiger partial charge in [0.25, 0.3) is 0 Å². The molecule has 7 rings (SSSR count). The fourth-order valence-corrected chi connectivity index (χ4v) is 6.05. The zero-order valence-electron chi connectivity index (χ0n) is 25.1. The SMILES string of the molecule is C1=CC(Nc2ccccc2)(c2ccccc2N(c2ccccc2)c2ccccc2)CC=C1c1ccc(Nc2ccccc2)cc1. The lowest BCUT2D eigenvalue weighted by Gasteiger charge is -2.39. The van der Waals surface area contributed by atoms with Gasteiger partial charge < -0.3 is 15.5 Å². The molecule has 6 aromatic rings. The van der Waals surface area contributed by atoms with Crippen molar-refractivity contribution in [3.63, 3.8) is 0 Å². The van der Waals surface area contributed by atoms with Gasteiger partial charge in [-0.3, -0.25) is 0 Å². The van der Waals surface area contributed by atoms with E-state index in [9.17, 15) is 0 Å². The van der Waals surface area contributed by atoms with Crippen molar-refractivity contribution in [3.05, 3.63) is 199 Å². The molecule has 3 heteroatoms. The van der Waals surface area contributed by atoms with Crippen molar-refractivity contribution in [2.24, 2.45) is 0 Å². The first-order chi connectivity index (χ1) is 22.3. The molecule has 0 bridgehead atoms. The highest BCUT2D eigenvalue weighted by Gasteiger charge is 2.34.